The fraction of sp³-hybridized carbons (Fsp3) is 0.357. The van der Waals surface area contributed by atoms with Crippen LogP contribution in [0.25, 0.3) is 11.3 Å². The maximum absolute atomic E-state index is 13.3. The first kappa shape index (κ1) is 27.6. The van der Waals surface area contributed by atoms with Crippen LogP contribution in [0.3, 0.4) is 0 Å². The van der Waals surface area contributed by atoms with E-state index in [0.29, 0.717) is 49.9 Å². The minimum absolute atomic E-state index is 0.0680. The molecule has 1 aromatic heterocycles. The molecule has 10 nitrogen and oxygen atoms in total. The number of carbonyl (C=O) groups is 2. The van der Waals surface area contributed by atoms with Gasteiger partial charge >= 0.3 is 6.03 Å². The fourth-order valence-electron chi connectivity index (χ4n) is 4.37. The number of carbonyl (C=O) groups excluding carboxylic acids is 2. The van der Waals surface area contributed by atoms with Crippen molar-refractivity contribution in [1.29, 1.82) is 0 Å². The van der Waals surface area contributed by atoms with Gasteiger partial charge in [0.2, 0.25) is 5.91 Å². The van der Waals surface area contributed by atoms with Crippen molar-refractivity contribution >= 4 is 17.8 Å². The van der Waals surface area contributed by atoms with E-state index >= 15 is 0 Å². The van der Waals surface area contributed by atoms with Gasteiger partial charge in [-0.2, -0.15) is 0 Å². The Balaban J connectivity index is 1.36. The summed E-state index contributed by atoms with van der Waals surface area (Å²) in [5, 5.41) is 11.6. The molecule has 3 amide bonds. The van der Waals surface area contributed by atoms with Crippen LogP contribution in [0, 0.1) is 5.82 Å². The number of ether oxygens (including phenoxy) is 2. The van der Waals surface area contributed by atoms with Crippen molar-refractivity contribution in [3.05, 3.63) is 66.0 Å². The number of nitrogens with zero attached hydrogens (tertiary/aromatic N) is 5. The molecule has 0 atom stereocenters. The first-order valence-corrected chi connectivity index (χ1v) is 12.8. The molecule has 0 bridgehead atoms. The number of nitrogens with one attached hydrogen (secondary N) is 1. The first-order chi connectivity index (χ1) is 18.9. The van der Waals surface area contributed by atoms with Gasteiger partial charge in [-0.3, -0.25) is 4.79 Å². The van der Waals surface area contributed by atoms with Crippen LogP contribution < -0.4 is 19.7 Å². The number of urea groups is 1. The van der Waals surface area contributed by atoms with Gasteiger partial charge in [0.25, 0.3) is 0 Å². The van der Waals surface area contributed by atoms with Gasteiger partial charge in [-0.05, 0) is 48.9 Å². The van der Waals surface area contributed by atoms with Gasteiger partial charge in [0, 0.05) is 50.9 Å². The number of piperazine rings is 1. The molecule has 0 unspecified atom stereocenters. The van der Waals surface area contributed by atoms with Gasteiger partial charge in [-0.15, -0.1) is 10.2 Å². The van der Waals surface area contributed by atoms with Crippen LogP contribution >= 0.6 is 0 Å². The highest BCUT2D eigenvalue weighted by atomic mass is 19.1. The normalized spacial score (nSPS) is 13.1. The maximum Gasteiger partial charge on any atom is 0.318 e. The van der Waals surface area contributed by atoms with Crippen molar-refractivity contribution in [2.24, 2.45) is 0 Å². The minimum atomic E-state index is -0.350. The predicted molar refractivity (Wildman–Crippen MR) is 145 cm³/mol. The molecular formula is C28H33FN6O4. The van der Waals surface area contributed by atoms with E-state index < -0.39 is 0 Å². The standard InChI is InChI=1S/C28H33FN6O4/c1-4-30-28(37)35(18-20-5-7-21(29)8-6-20)19-27(36)34-15-13-33(14-16-34)26-12-11-24(31-32-26)23-10-9-22(38-2)17-25(23)39-3/h5-12,17H,4,13-16,18-19H2,1-3H3,(H,30,37). The molecule has 39 heavy (non-hydrogen) atoms. The van der Waals surface area contributed by atoms with Crippen LogP contribution in [0.15, 0.2) is 54.6 Å². The fourth-order valence-corrected chi connectivity index (χ4v) is 4.37. The lowest BCUT2D eigenvalue weighted by molar-refractivity contribution is -0.132. The van der Waals surface area contributed by atoms with E-state index in [-0.39, 0.29) is 30.8 Å². The molecule has 2 aromatic carbocycles. The first-order valence-electron chi connectivity index (χ1n) is 12.8. The summed E-state index contributed by atoms with van der Waals surface area (Å²) in [7, 11) is 3.20. The third-order valence-electron chi connectivity index (χ3n) is 6.52. The Kier molecular flexibility index (Phi) is 9.14. The second-order valence-corrected chi connectivity index (χ2v) is 9.03. The zero-order chi connectivity index (χ0) is 27.8. The molecule has 4 rings (SSSR count). The summed E-state index contributed by atoms with van der Waals surface area (Å²) >= 11 is 0. The second-order valence-electron chi connectivity index (χ2n) is 9.03. The number of rotatable bonds is 9. The summed E-state index contributed by atoms with van der Waals surface area (Å²) in [6, 6.07) is 14.9. The number of amides is 3. The Morgan fingerprint density at radius 1 is 0.974 bits per heavy atom. The molecule has 0 aliphatic carbocycles. The molecule has 1 fully saturated rings. The van der Waals surface area contributed by atoms with E-state index in [1.807, 2.05) is 31.2 Å². The van der Waals surface area contributed by atoms with Gasteiger partial charge in [0.05, 0.1) is 19.9 Å². The third kappa shape index (κ3) is 6.92. The number of benzene rings is 2. The monoisotopic (exact) mass is 536 g/mol. The quantitative estimate of drug-likeness (QED) is 0.448. The molecule has 206 valence electrons. The van der Waals surface area contributed by atoms with Crippen LogP contribution in [0.5, 0.6) is 11.5 Å². The van der Waals surface area contributed by atoms with E-state index in [4.69, 9.17) is 9.47 Å². The molecule has 2 heterocycles. The third-order valence-corrected chi connectivity index (χ3v) is 6.52. The van der Waals surface area contributed by atoms with Gasteiger partial charge in [0.1, 0.15) is 23.9 Å². The van der Waals surface area contributed by atoms with Gasteiger partial charge in [-0.1, -0.05) is 12.1 Å². The van der Waals surface area contributed by atoms with E-state index in [1.165, 1.54) is 17.0 Å². The lowest BCUT2D eigenvalue weighted by Crippen LogP contribution is -2.52. The van der Waals surface area contributed by atoms with Crippen molar-refractivity contribution in [3.8, 4) is 22.8 Å². The van der Waals surface area contributed by atoms with Crippen molar-refractivity contribution < 1.29 is 23.5 Å². The van der Waals surface area contributed by atoms with Crippen LogP contribution in [0.2, 0.25) is 0 Å². The Morgan fingerprint density at radius 3 is 2.33 bits per heavy atom. The highest BCUT2D eigenvalue weighted by molar-refractivity contribution is 5.84. The molecule has 0 spiro atoms. The number of hydrogen-bond acceptors (Lipinski definition) is 7. The minimum Gasteiger partial charge on any atom is -0.497 e. The van der Waals surface area contributed by atoms with Crippen LogP contribution in [-0.4, -0.2) is 85.4 Å². The molecule has 3 aromatic rings. The summed E-state index contributed by atoms with van der Waals surface area (Å²) in [5.41, 5.74) is 2.23. The van der Waals surface area contributed by atoms with E-state index in [2.05, 4.69) is 20.4 Å². The van der Waals surface area contributed by atoms with Crippen molar-refractivity contribution in [2.45, 2.75) is 13.5 Å². The molecule has 1 aliphatic heterocycles. The van der Waals surface area contributed by atoms with Crippen molar-refractivity contribution in [2.75, 3.05) is 58.4 Å². The highest BCUT2D eigenvalue weighted by Gasteiger charge is 2.25. The Bertz CT molecular complexity index is 1260. The molecule has 1 N–H and O–H groups in total. The summed E-state index contributed by atoms with van der Waals surface area (Å²) in [4.78, 5) is 31.0. The predicted octanol–water partition coefficient (Wildman–Crippen LogP) is 3.18. The zero-order valence-corrected chi connectivity index (χ0v) is 22.4. The number of aromatic nitrogens is 2. The lowest BCUT2D eigenvalue weighted by Gasteiger charge is -2.36. The number of halogens is 1. The van der Waals surface area contributed by atoms with E-state index in [9.17, 15) is 14.0 Å². The van der Waals surface area contributed by atoms with Crippen molar-refractivity contribution in [3.63, 3.8) is 0 Å². The highest BCUT2D eigenvalue weighted by Crippen LogP contribution is 2.32. The molecule has 0 radical (unpaired) electrons. The average Bonchev–Trinajstić information content (AvgIpc) is 2.97. The summed E-state index contributed by atoms with van der Waals surface area (Å²) in [6.45, 7) is 4.56. The maximum atomic E-state index is 13.3. The largest absolute Gasteiger partial charge is 0.497 e. The number of anilines is 1. The number of methoxy groups -OCH3 is 2. The summed E-state index contributed by atoms with van der Waals surface area (Å²) in [6.07, 6.45) is 0. The Hall–Kier alpha value is -4.41. The van der Waals surface area contributed by atoms with Gasteiger partial charge in [0.15, 0.2) is 5.82 Å². The van der Waals surface area contributed by atoms with Gasteiger partial charge < -0.3 is 29.5 Å². The number of hydrogen-bond donors (Lipinski definition) is 1. The molecule has 1 saturated heterocycles. The van der Waals surface area contributed by atoms with Crippen LogP contribution in [0.4, 0.5) is 15.0 Å². The summed E-state index contributed by atoms with van der Waals surface area (Å²) in [5.74, 6) is 1.56. The molecule has 11 heteroatoms. The SMILES string of the molecule is CCNC(=O)N(CC(=O)N1CCN(c2ccc(-c3ccc(OC)cc3OC)nn2)CC1)Cc1ccc(F)cc1. The average molecular weight is 537 g/mol. The molecule has 0 saturated carbocycles. The van der Waals surface area contributed by atoms with Crippen LogP contribution in [-0.2, 0) is 11.3 Å². The Morgan fingerprint density at radius 2 is 1.72 bits per heavy atom. The van der Waals surface area contributed by atoms with Gasteiger partial charge in [-0.25, -0.2) is 9.18 Å². The van der Waals surface area contributed by atoms with E-state index in [0.717, 1.165) is 16.9 Å². The second kappa shape index (κ2) is 12.9. The zero-order valence-electron chi connectivity index (χ0n) is 22.4. The topological polar surface area (TPSA) is 100 Å². The smallest absolute Gasteiger partial charge is 0.318 e. The van der Waals surface area contributed by atoms with E-state index in [1.54, 1.807) is 37.3 Å². The molecular weight excluding hydrogens is 503 g/mol. The van der Waals surface area contributed by atoms with Crippen LogP contribution in [0.1, 0.15) is 12.5 Å². The van der Waals surface area contributed by atoms with Crippen molar-refractivity contribution in [1.82, 2.24) is 25.3 Å². The lowest BCUT2D eigenvalue weighted by atomic mass is 10.1. The molecule has 1 aliphatic rings. The Labute approximate surface area is 227 Å². The summed E-state index contributed by atoms with van der Waals surface area (Å²) < 4.78 is 24.0.